The zero-order valence-corrected chi connectivity index (χ0v) is 9.09. The average molecular weight is 296 g/mol. The zero-order chi connectivity index (χ0) is 9.14. The van der Waals surface area contributed by atoms with Crippen molar-refractivity contribution < 1.29 is 4.79 Å². The number of rotatable bonds is 2. The quantitative estimate of drug-likeness (QED) is 0.394. The van der Waals surface area contributed by atoms with Gasteiger partial charge in [-0.15, -0.1) is 11.6 Å². The molecule has 0 spiro atoms. The number of carbonyl (C=O) groups excluding carboxylic acids is 1. The van der Waals surface area contributed by atoms with Gasteiger partial charge in [-0.2, -0.15) is 0 Å². The first-order chi connectivity index (χ1) is 5.65. The van der Waals surface area contributed by atoms with Gasteiger partial charge in [0.15, 0.2) is 5.78 Å². The molecule has 12 heavy (non-hydrogen) atoms. The topological polar surface area (TPSA) is 43.1 Å². The molecular formula is C8H7ClINO. The van der Waals surface area contributed by atoms with Gasteiger partial charge < -0.3 is 5.73 Å². The Kier molecular flexibility index (Phi) is 3.34. The number of benzene rings is 1. The molecule has 0 fully saturated rings. The largest absolute Gasteiger partial charge is 0.398 e. The molecule has 0 bridgehead atoms. The van der Waals surface area contributed by atoms with Crippen LogP contribution in [0.5, 0.6) is 0 Å². The first-order valence-electron chi connectivity index (χ1n) is 3.29. The van der Waals surface area contributed by atoms with E-state index in [9.17, 15) is 4.79 Å². The second-order valence-corrected chi connectivity index (χ2v) is 3.80. The van der Waals surface area contributed by atoms with E-state index in [-0.39, 0.29) is 11.7 Å². The highest BCUT2D eigenvalue weighted by molar-refractivity contribution is 14.1. The third-order valence-electron chi connectivity index (χ3n) is 1.44. The van der Waals surface area contributed by atoms with Crippen LogP contribution < -0.4 is 5.73 Å². The van der Waals surface area contributed by atoms with Gasteiger partial charge in [0.25, 0.3) is 0 Å². The first kappa shape index (κ1) is 9.80. The highest BCUT2D eigenvalue weighted by Gasteiger charge is 2.07. The van der Waals surface area contributed by atoms with Gasteiger partial charge in [0.05, 0.1) is 5.88 Å². The van der Waals surface area contributed by atoms with Gasteiger partial charge in [0, 0.05) is 14.8 Å². The van der Waals surface area contributed by atoms with E-state index in [4.69, 9.17) is 17.3 Å². The van der Waals surface area contributed by atoms with Gasteiger partial charge in [-0.25, -0.2) is 0 Å². The van der Waals surface area contributed by atoms with E-state index in [0.717, 1.165) is 3.57 Å². The molecular weight excluding hydrogens is 288 g/mol. The summed E-state index contributed by atoms with van der Waals surface area (Å²) in [6.07, 6.45) is 0. The van der Waals surface area contributed by atoms with Gasteiger partial charge in [-0.3, -0.25) is 4.79 Å². The van der Waals surface area contributed by atoms with Crippen molar-refractivity contribution >= 4 is 45.7 Å². The molecule has 0 aliphatic rings. The minimum Gasteiger partial charge on any atom is -0.398 e. The van der Waals surface area contributed by atoms with Crippen molar-refractivity contribution in [2.45, 2.75) is 0 Å². The van der Waals surface area contributed by atoms with E-state index in [1.807, 2.05) is 6.07 Å². The summed E-state index contributed by atoms with van der Waals surface area (Å²) in [5.74, 6) is -0.155. The molecule has 0 saturated heterocycles. The maximum absolute atomic E-state index is 11.2. The normalized spacial score (nSPS) is 9.83. The summed E-state index contributed by atoms with van der Waals surface area (Å²) >= 11 is 7.52. The molecule has 0 aliphatic heterocycles. The van der Waals surface area contributed by atoms with Crippen molar-refractivity contribution in [3.8, 4) is 0 Å². The number of halogens is 2. The van der Waals surface area contributed by atoms with Crippen molar-refractivity contribution in [3.05, 3.63) is 27.3 Å². The first-order valence-corrected chi connectivity index (χ1v) is 4.90. The number of alkyl halides is 1. The molecule has 1 aromatic rings. The standard InChI is InChI=1S/C8H7ClINO/c9-4-8(12)6-3-5(10)1-2-7(6)11/h1-3H,4,11H2. The van der Waals surface area contributed by atoms with Gasteiger partial charge in [-0.1, -0.05) is 0 Å². The molecule has 1 rings (SSSR count). The van der Waals surface area contributed by atoms with E-state index in [1.54, 1.807) is 12.1 Å². The predicted octanol–water partition coefficient (Wildman–Crippen LogP) is 2.29. The Bertz CT molecular complexity index is 314. The molecule has 2 nitrogen and oxygen atoms in total. The molecule has 4 heteroatoms. The predicted molar refractivity (Wildman–Crippen MR) is 58.6 cm³/mol. The lowest BCUT2D eigenvalue weighted by Gasteiger charge is -2.02. The summed E-state index contributed by atoms with van der Waals surface area (Å²) in [7, 11) is 0. The van der Waals surface area contributed by atoms with Gasteiger partial charge in [-0.05, 0) is 40.8 Å². The average Bonchev–Trinajstić information content (AvgIpc) is 2.08. The van der Waals surface area contributed by atoms with E-state index < -0.39 is 0 Å². The fraction of sp³-hybridized carbons (Fsp3) is 0.125. The van der Waals surface area contributed by atoms with Crippen LogP contribution in [0.2, 0.25) is 0 Å². The van der Waals surface area contributed by atoms with Crippen LogP contribution in [0.4, 0.5) is 5.69 Å². The van der Waals surface area contributed by atoms with Crippen LogP contribution in [0, 0.1) is 3.57 Å². The molecule has 0 saturated carbocycles. The Balaban J connectivity index is 3.13. The Morgan fingerprint density at radius 2 is 2.25 bits per heavy atom. The minimum atomic E-state index is -0.132. The van der Waals surface area contributed by atoms with E-state index in [0.29, 0.717) is 11.3 Å². The molecule has 0 heterocycles. The molecule has 0 atom stereocenters. The third kappa shape index (κ3) is 2.10. The summed E-state index contributed by atoms with van der Waals surface area (Å²) in [4.78, 5) is 11.2. The Hall–Kier alpha value is -0.290. The van der Waals surface area contributed by atoms with E-state index >= 15 is 0 Å². The highest BCUT2D eigenvalue weighted by atomic mass is 127. The number of ketones is 1. The van der Waals surface area contributed by atoms with Crippen LogP contribution in [0.25, 0.3) is 0 Å². The second kappa shape index (κ2) is 4.09. The fourth-order valence-corrected chi connectivity index (χ4v) is 1.48. The molecule has 0 radical (unpaired) electrons. The number of hydrogen-bond acceptors (Lipinski definition) is 2. The van der Waals surface area contributed by atoms with Crippen molar-refractivity contribution in [2.24, 2.45) is 0 Å². The molecule has 1 aromatic carbocycles. The monoisotopic (exact) mass is 295 g/mol. The molecule has 64 valence electrons. The van der Waals surface area contributed by atoms with Gasteiger partial charge >= 0.3 is 0 Å². The summed E-state index contributed by atoms with van der Waals surface area (Å²) in [5.41, 5.74) is 6.58. The van der Waals surface area contributed by atoms with Crippen LogP contribution in [0.1, 0.15) is 10.4 Å². The third-order valence-corrected chi connectivity index (χ3v) is 2.35. The summed E-state index contributed by atoms with van der Waals surface area (Å²) in [5, 5.41) is 0. The lowest BCUT2D eigenvalue weighted by molar-refractivity contribution is 0.102. The zero-order valence-electron chi connectivity index (χ0n) is 6.18. The maximum Gasteiger partial charge on any atom is 0.179 e. The Morgan fingerprint density at radius 1 is 1.58 bits per heavy atom. The Morgan fingerprint density at radius 3 is 2.83 bits per heavy atom. The summed E-state index contributed by atoms with van der Waals surface area (Å²) < 4.78 is 0.982. The SMILES string of the molecule is Nc1ccc(I)cc1C(=O)CCl. The van der Waals surface area contributed by atoms with E-state index in [1.165, 1.54) is 0 Å². The van der Waals surface area contributed by atoms with Crippen LogP contribution in [-0.2, 0) is 0 Å². The summed E-state index contributed by atoms with van der Waals surface area (Å²) in [6.45, 7) is 0. The molecule has 0 unspecified atom stereocenters. The molecule has 0 amide bonds. The smallest absolute Gasteiger partial charge is 0.179 e. The van der Waals surface area contributed by atoms with E-state index in [2.05, 4.69) is 22.6 Å². The van der Waals surface area contributed by atoms with Crippen molar-refractivity contribution in [1.29, 1.82) is 0 Å². The lowest BCUT2D eigenvalue weighted by Crippen LogP contribution is -2.04. The number of carbonyl (C=O) groups is 1. The maximum atomic E-state index is 11.2. The number of nitrogen functional groups attached to an aromatic ring is 1. The van der Waals surface area contributed by atoms with Gasteiger partial charge in [0.1, 0.15) is 0 Å². The molecule has 2 N–H and O–H groups in total. The van der Waals surface area contributed by atoms with Crippen LogP contribution >= 0.6 is 34.2 Å². The van der Waals surface area contributed by atoms with Crippen molar-refractivity contribution in [1.82, 2.24) is 0 Å². The van der Waals surface area contributed by atoms with Crippen molar-refractivity contribution in [3.63, 3.8) is 0 Å². The second-order valence-electron chi connectivity index (χ2n) is 2.29. The summed E-state index contributed by atoms with van der Waals surface area (Å²) in [6, 6.07) is 5.29. The molecule has 0 aliphatic carbocycles. The number of Topliss-reactive ketones (excluding diaryl/α,β-unsaturated/α-hetero) is 1. The van der Waals surface area contributed by atoms with Crippen LogP contribution in [-0.4, -0.2) is 11.7 Å². The molecule has 0 aromatic heterocycles. The fourth-order valence-electron chi connectivity index (χ4n) is 0.842. The number of hydrogen-bond donors (Lipinski definition) is 1. The lowest BCUT2D eigenvalue weighted by atomic mass is 10.1. The van der Waals surface area contributed by atoms with Crippen LogP contribution in [0.15, 0.2) is 18.2 Å². The van der Waals surface area contributed by atoms with Crippen molar-refractivity contribution in [2.75, 3.05) is 11.6 Å². The minimum absolute atomic E-state index is 0.0235. The highest BCUT2D eigenvalue weighted by Crippen LogP contribution is 2.16. The number of anilines is 1. The Labute approximate surface area is 89.2 Å². The number of nitrogens with two attached hydrogens (primary N) is 1. The van der Waals surface area contributed by atoms with Gasteiger partial charge in [0.2, 0.25) is 0 Å². The van der Waals surface area contributed by atoms with Crippen LogP contribution in [0.3, 0.4) is 0 Å².